The Morgan fingerprint density at radius 2 is 2.57 bits per heavy atom. The van der Waals surface area contributed by atoms with Gasteiger partial charge >= 0.3 is 0 Å². The van der Waals surface area contributed by atoms with Crippen molar-refractivity contribution in [3.8, 4) is 0 Å². The molecule has 4 nitrogen and oxygen atoms in total. The molecule has 1 aliphatic heterocycles. The molecule has 0 aromatic carbocycles. The summed E-state index contributed by atoms with van der Waals surface area (Å²) >= 11 is 0. The molecule has 2 heterocycles. The molecule has 0 unspecified atom stereocenters. The first-order valence-electron chi connectivity index (χ1n) is 5.21. The van der Waals surface area contributed by atoms with Gasteiger partial charge in [-0.2, -0.15) is 0 Å². The first kappa shape index (κ1) is 9.68. The normalized spacial score (nSPS) is 27.9. The molecule has 0 radical (unpaired) electrons. The van der Waals surface area contributed by atoms with Crippen molar-refractivity contribution in [1.29, 1.82) is 0 Å². The summed E-state index contributed by atoms with van der Waals surface area (Å²) in [6.07, 6.45) is 5.86. The van der Waals surface area contributed by atoms with Gasteiger partial charge in [0.2, 0.25) is 0 Å². The molecular weight excluding hydrogens is 178 g/mol. The lowest BCUT2D eigenvalue weighted by Crippen LogP contribution is -2.36. The summed E-state index contributed by atoms with van der Waals surface area (Å²) in [5, 5.41) is 0. The first-order chi connectivity index (χ1) is 6.83. The van der Waals surface area contributed by atoms with Crippen molar-refractivity contribution in [3.63, 3.8) is 0 Å². The summed E-state index contributed by atoms with van der Waals surface area (Å²) in [7, 11) is 0. The first-order valence-corrected chi connectivity index (χ1v) is 5.21. The van der Waals surface area contributed by atoms with Gasteiger partial charge in [0.25, 0.3) is 0 Å². The van der Waals surface area contributed by atoms with Gasteiger partial charge in [-0.15, -0.1) is 0 Å². The van der Waals surface area contributed by atoms with E-state index in [0.29, 0.717) is 0 Å². The number of ether oxygens (including phenoxy) is 1. The molecule has 2 N–H and O–H groups in total. The highest BCUT2D eigenvalue weighted by molar-refractivity contribution is 5.01. The maximum absolute atomic E-state index is 6.02. The zero-order chi connectivity index (χ0) is 9.97. The number of hydrogen-bond donors (Lipinski definition) is 1. The van der Waals surface area contributed by atoms with Crippen LogP contribution < -0.4 is 5.73 Å². The van der Waals surface area contributed by atoms with E-state index in [2.05, 4.69) is 16.5 Å². The average molecular weight is 195 g/mol. The lowest BCUT2D eigenvalue weighted by atomic mass is 10.0. The van der Waals surface area contributed by atoms with E-state index in [1.807, 2.05) is 12.4 Å². The Morgan fingerprint density at radius 1 is 1.71 bits per heavy atom. The maximum Gasteiger partial charge on any atom is 0.139 e. The van der Waals surface area contributed by atoms with Gasteiger partial charge in [0.15, 0.2) is 0 Å². The van der Waals surface area contributed by atoms with Crippen LogP contribution in [0.2, 0.25) is 0 Å². The molecule has 1 aromatic heterocycles. The molecule has 1 saturated heterocycles. The van der Waals surface area contributed by atoms with E-state index >= 15 is 0 Å². The van der Waals surface area contributed by atoms with Crippen molar-refractivity contribution < 1.29 is 4.74 Å². The van der Waals surface area contributed by atoms with Gasteiger partial charge in [0.05, 0.1) is 0 Å². The predicted molar refractivity (Wildman–Crippen MR) is 53.8 cm³/mol. The van der Waals surface area contributed by atoms with Crippen LogP contribution >= 0.6 is 0 Å². The predicted octanol–water partition coefficient (Wildman–Crippen LogP) is 1.08. The standard InChI is InChI=1S/C10H17N3O/c1-2-13-6-5-12-10(13)9-8(11)4-3-7-14-9/h5-6,8-9H,2-4,7,11H2,1H3/t8-,9+/m1/s1. The van der Waals surface area contributed by atoms with Crippen LogP contribution in [0.1, 0.15) is 31.7 Å². The molecule has 0 spiro atoms. The highest BCUT2D eigenvalue weighted by Crippen LogP contribution is 2.25. The van der Waals surface area contributed by atoms with Gasteiger partial charge in [-0.25, -0.2) is 4.98 Å². The van der Waals surface area contributed by atoms with Crippen molar-refractivity contribution in [2.24, 2.45) is 5.73 Å². The Bertz CT molecular complexity index is 297. The maximum atomic E-state index is 6.02. The Balaban J connectivity index is 2.20. The zero-order valence-corrected chi connectivity index (χ0v) is 8.52. The molecule has 78 valence electrons. The highest BCUT2D eigenvalue weighted by Gasteiger charge is 2.27. The Hall–Kier alpha value is -0.870. The van der Waals surface area contributed by atoms with Crippen LogP contribution in [0, 0.1) is 0 Å². The van der Waals surface area contributed by atoms with Crippen LogP contribution in [0.15, 0.2) is 12.4 Å². The highest BCUT2D eigenvalue weighted by atomic mass is 16.5. The van der Waals surface area contributed by atoms with Crippen molar-refractivity contribution in [3.05, 3.63) is 18.2 Å². The number of aryl methyl sites for hydroxylation is 1. The van der Waals surface area contributed by atoms with Gasteiger partial charge in [0.1, 0.15) is 11.9 Å². The average Bonchev–Trinajstić information content (AvgIpc) is 2.66. The molecule has 2 rings (SSSR count). The second-order valence-corrected chi connectivity index (χ2v) is 3.67. The fourth-order valence-corrected chi connectivity index (χ4v) is 1.92. The van der Waals surface area contributed by atoms with E-state index in [9.17, 15) is 0 Å². The van der Waals surface area contributed by atoms with Crippen molar-refractivity contribution in [2.45, 2.75) is 38.5 Å². The van der Waals surface area contributed by atoms with E-state index in [1.54, 1.807) is 0 Å². The summed E-state index contributed by atoms with van der Waals surface area (Å²) in [5.74, 6) is 0.972. The summed E-state index contributed by atoms with van der Waals surface area (Å²) in [6, 6.07) is 0.0939. The van der Waals surface area contributed by atoms with Gasteiger partial charge in [0, 0.05) is 31.6 Å². The largest absolute Gasteiger partial charge is 0.369 e. The number of aromatic nitrogens is 2. The topological polar surface area (TPSA) is 53.1 Å². The quantitative estimate of drug-likeness (QED) is 0.768. The van der Waals surface area contributed by atoms with Crippen LogP contribution in [-0.4, -0.2) is 22.2 Å². The molecule has 0 bridgehead atoms. The van der Waals surface area contributed by atoms with Crippen LogP contribution in [-0.2, 0) is 11.3 Å². The number of hydrogen-bond acceptors (Lipinski definition) is 3. The van der Waals surface area contributed by atoms with Crippen molar-refractivity contribution in [1.82, 2.24) is 9.55 Å². The molecular formula is C10H17N3O. The molecule has 1 aromatic rings. The van der Waals surface area contributed by atoms with Gasteiger partial charge in [-0.05, 0) is 19.8 Å². The van der Waals surface area contributed by atoms with Crippen LogP contribution in [0.3, 0.4) is 0 Å². The third kappa shape index (κ3) is 1.67. The Kier molecular flexibility index (Phi) is 2.84. The minimum atomic E-state index is -0.0151. The molecule has 0 aliphatic carbocycles. The Labute approximate surface area is 84.1 Å². The SMILES string of the molecule is CCn1ccnc1[C@H]1OCCC[C@H]1N. The van der Waals surface area contributed by atoms with Gasteiger partial charge in [-0.1, -0.05) is 0 Å². The molecule has 1 aliphatic rings. The number of rotatable bonds is 2. The second-order valence-electron chi connectivity index (χ2n) is 3.67. The summed E-state index contributed by atoms with van der Waals surface area (Å²) < 4.78 is 7.76. The van der Waals surface area contributed by atoms with Crippen LogP contribution in [0.4, 0.5) is 0 Å². The van der Waals surface area contributed by atoms with E-state index < -0.39 is 0 Å². The van der Waals surface area contributed by atoms with E-state index in [0.717, 1.165) is 31.8 Å². The molecule has 4 heteroatoms. The van der Waals surface area contributed by atoms with Crippen molar-refractivity contribution >= 4 is 0 Å². The Morgan fingerprint density at radius 3 is 3.29 bits per heavy atom. The minimum absolute atomic E-state index is 0.0151. The molecule has 2 atom stereocenters. The molecule has 0 saturated carbocycles. The van der Waals surface area contributed by atoms with Crippen LogP contribution in [0.25, 0.3) is 0 Å². The number of nitrogens with zero attached hydrogens (tertiary/aromatic N) is 2. The molecule has 1 fully saturated rings. The second kappa shape index (κ2) is 4.11. The van der Waals surface area contributed by atoms with E-state index in [1.165, 1.54) is 0 Å². The molecule has 14 heavy (non-hydrogen) atoms. The van der Waals surface area contributed by atoms with Gasteiger partial charge < -0.3 is 15.0 Å². The summed E-state index contributed by atoms with van der Waals surface area (Å²) in [4.78, 5) is 4.32. The van der Waals surface area contributed by atoms with Crippen molar-refractivity contribution in [2.75, 3.05) is 6.61 Å². The lowest BCUT2D eigenvalue weighted by Gasteiger charge is -2.28. The monoisotopic (exact) mass is 195 g/mol. The minimum Gasteiger partial charge on any atom is -0.369 e. The smallest absolute Gasteiger partial charge is 0.139 e. The van der Waals surface area contributed by atoms with E-state index in [4.69, 9.17) is 10.5 Å². The van der Waals surface area contributed by atoms with E-state index in [-0.39, 0.29) is 12.1 Å². The fraction of sp³-hybridized carbons (Fsp3) is 0.700. The fourth-order valence-electron chi connectivity index (χ4n) is 1.92. The number of imidazole rings is 1. The third-order valence-electron chi connectivity index (χ3n) is 2.71. The summed E-state index contributed by atoms with van der Waals surface area (Å²) in [5.41, 5.74) is 6.02. The number of nitrogens with two attached hydrogens (primary N) is 1. The lowest BCUT2D eigenvalue weighted by molar-refractivity contribution is -0.00711. The molecule has 0 amide bonds. The summed E-state index contributed by atoms with van der Waals surface area (Å²) in [6.45, 7) is 3.82. The third-order valence-corrected chi connectivity index (χ3v) is 2.71. The van der Waals surface area contributed by atoms with Crippen LogP contribution in [0.5, 0.6) is 0 Å². The zero-order valence-electron chi connectivity index (χ0n) is 8.52. The van der Waals surface area contributed by atoms with Gasteiger partial charge in [-0.3, -0.25) is 0 Å².